The molecule has 0 aliphatic carbocycles. The molecule has 2 heterocycles. The molecule has 5 heteroatoms. The molecule has 0 bridgehead atoms. The normalized spacial score (nSPS) is 12.0. The van der Waals surface area contributed by atoms with Gasteiger partial charge in [0.25, 0.3) is 0 Å². The first-order valence-corrected chi connectivity index (χ1v) is 5.56. The molecule has 15 heavy (non-hydrogen) atoms. The molecule has 2 rings (SSSR count). The molecule has 0 N–H and O–H groups in total. The van der Waals surface area contributed by atoms with E-state index in [4.69, 9.17) is 0 Å². The fourth-order valence-electron chi connectivity index (χ4n) is 1.24. The van der Waals surface area contributed by atoms with Crippen LogP contribution < -0.4 is 4.80 Å². The summed E-state index contributed by atoms with van der Waals surface area (Å²) in [7, 11) is 1.98. The molecule has 0 radical (unpaired) electrons. The van der Waals surface area contributed by atoms with Crippen molar-refractivity contribution in [3.05, 3.63) is 35.0 Å². The second-order valence-electron chi connectivity index (χ2n) is 3.09. The van der Waals surface area contributed by atoms with Gasteiger partial charge in [0.2, 0.25) is 4.80 Å². The zero-order chi connectivity index (χ0) is 10.7. The summed E-state index contributed by atoms with van der Waals surface area (Å²) >= 11 is 1.40. The van der Waals surface area contributed by atoms with Crippen LogP contribution in [0.5, 0.6) is 0 Å². The Labute approximate surface area is 92.1 Å². The highest BCUT2D eigenvalue weighted by atomic mass is 32.1. The minimum atomic E-state index is 0.722. The molecule has 4 nitrogen and oxygen atoms in total. The zero-order valence-electron chi connectivity index (χ0n) is 8.71. The number of aryl methyl sites for hydroxylation is 1. The van der Waals surface area contributed by atoms with E-state index < -0.39 is 0 Å². The Bertz CT molecular complexity index is 498. The average Bonchev–Trinajstić information content (AvgIpc) is 2.62. The highest BCUT2D eigenvalue weighted by Crippen LogP contribution is 2.04. The maximum Gasteiger partial charge on any atom is 0.210 e. The number of hydrogen-bond acceptors (Lipinski definition) is 4. The summed E-state index contributed by atoms with van der Waals surface area (Å²) in [4.78, 5) is 9.45. The number of pyridine rings is 1. The highest BCUT2D eigenvalue weighted by molar-refractivity contribution is 7.02. The molecule has 2 aromatic rings. The molecule has 0 fully saturated rings. The third-order valence-corrected chi connectivity index (χ3v) is 2.91. The van der Waals surface area contributed by atoms with E-state index in [-0.39, 0.29) is 0 Å². The Balaban J connectivity index is 2.46. The van der Waals surface area contributed by atoms with Crippen LogP contribution in [0.25, 0.3) is 0 Å². The van der Waals surface area contributed by atoms with Crippen LogP contribution in [0.1, 0.15) is 12.7 Å². The van der Waals surface area contributed by atoms with Crippen LogP contribution in [0, 0.1) is 0 Å². The molecule has 0 unspecified atom stereocenters. The minimum Gasteiger partial charge on any atom is -0.307 e. The van der Waals surface area contributed by atoms with Crippen molar-refractivity contribution in [2.24, 2.45) is 12.0 Å². The predicted octanol–water partition coefficient (Wildman–Crippen LogP) is 1.67. The number of hydrogen-bond donors (Lipinski definition) is 0. The van der Waals surface area contributed by atoms with E-state index in [0.29, 0.717) is 0 Å². The van der Waals surface area contributed by atoms with Crippen molar-refractivity contribution < 1.29 is 0 Å². The van der Waals surface area contributed by atoms with Gasteiger partial charge in [-0.3, -0.25) is 0 Å². The summed E-state index contributed by atoms with van der Waals surface area (Å²) < 4.78 is 6.31. The van der Waals surface area contributed by atoms with Gasteiger partial charge in [-0.05, 0) is 12.1 Å². The topological polar surface area (TPSA) is 43.1 Å². The maximum absolute atomic E-state index is 4.42. The van der Waals surface area contributed by atoms with Crippen molar-refractivity contribution in [2.45, 2.75) is 13.3 Å². The summed E-state index contributed by atoms with van der Waals surface area (Å²) in [6.45, 7) is 2.08. The molecule has 0 aromatic carbocycles. The summed E-state index contributed by atoms with van der Waals surface area (Å²) in [6, 6.07) is 5.68. The summed E-state index contributed by atoms with van der Waals surface area (Å²) in [5.41, 5.74) is 0. The molecule has 0 aliphatic heterocycles. The smallest absolute Gasteiger partial charge is 0.210 e. The first-order valence-electron chi connectivity index (χ1n) is 4.78. The predicted molar refractivity (Wildman–Crippen MR) is 59.9 cm³/mol. The largest absolute Gasteiger partial charge is 0.307 e. The van der Waals surface area contributed by atoms with Gasteiger partial charge < -0.3 is 4.57 Å². The third kappa shape index (κ3) is 2.12. The quantitative estimate of drug-likeness (QED) is 0.772. The summed E-state index contributed by atoms with van der Waals surface area (Å²) in [5.74, 6) is 1.77. The van der Waals surface area contributed by atoms with E-state index in [2.05, 4.69) is 21.3 Å². The molecule has 0 amide bonds. The van der Waals surface area contributed by atoms with Gasteiger partial charge in [0, 0.05) is 31.2 Å². The Hall–Kier alpha value is -1.49. The Morgan fingerprint density at radius 2 is 2.33 bits per heavy atom. The van der Waals surface area contributed by atoms with Crippen molar-refractivity contribution in [2.75, 3.05) is 0 Å². The van der Waals surface area contributed by atoms with E-state index in [1.165, 1.54) is 11.5 Å². The van der Waals surface area contributed by atoms with Crippen LogP contribution in [0.4, 0.5) is 5.82 Å². The molecular formula is C10H12N4S. The maximum atomic E-state index is 4.42. The molecule has 0 saturated carbocycles. The number of aromatic nitrogens is 3. The third-order valence-electron chi connectivity index (χ3n) is 2.08. The fraction of sp³-hybridized carbons (Fsp3) is 0.300. The van der Waals surface area contributed by atoms with E-state index in [1.807, 2.05) is 29.8 Å². The Morgan fingerprint density at radius 1 is 1.47 bits per heavy atom. The van der Waals surface area contributed by atoms with Crippen LogP contribution in [0.2, 0.25) is 0 Å². The van der Waals surface area contributed by atoms with E-state index in [9.17, 15) is 0 Å². The van der Waals surface area contributed by atoms with E-state index in [1.54, 1.807) is 6.20 Å². The monoisotopic (exact) mass is 220 g/mol. The van der Waals surface area contributed by atoms with Gasteiger partial charge in [0.15, 0.2) is 5.82 Å². The average molecular weight is 220 g/mol. The van der Waals surface area contributed by atoms with Crippen molar-refractivity contribution in [1.29, 1.82) is 0 Å². The van der Waals surface area contributed by atoms with E-state index >= 15 is 0 Å². The van der Waals surface area contributed by atoms with Gasteiger partial charge >= 0.3 is 0 Å². The van der Waals surface area contributed by atoms with Crippen molar-refractivity contribution in [3.63, 3.8) is 0 Å². The molecular weight excluding hydrogens is 208 g/mol. The van der Waals surface area contributed by atoms with Gasteiger partial charge in [-0.2, -0.15) is 9.37 Å². The number of rotatable bonds is 2. The van der Waals surface area contributed by atoms with Gasteiger partial charge in [0.1, 0.15) is 5.82 Å². The molecule has 0 saturated heterocycles. The second kappa shape index (κ2) is 4.35. The lowest BCUT2D eigenvalue weighted by molar-refractivity contribution is 0.773. The van der Waals surface area contributed by atoms with Crippen LogP contribution >= 0.6 is 11.5 Å². The van der Waals surface area contributed by atoms with Crippen LogP contribution in [0.3, 0.4) is 0 Å². The number of nitrogens with zero attached hydrogens (tertiary/aromatic N) is 4. The first kappa shape index (κ1) is 10.0. The summed E-state index contributed by atoms with van der Waals surface area (Å²) in [6.07, 6.45) is 2.66. The van der Waals surface area contributed by atoms with Crippen LogP contribution in [-0.2, 0) is 13.5 Å². The lowest BCUT2D eigenvalue weighted by atomic mass is 10.5. The Kier molecular flexibility index (Phi) is 2.91. The molecule has 0 spiro atoms. The standard InChI is InChI=1S/C10H12N4S/c1-3-9-13-15-10(14(9)2)12-8-6-4-5-7-11-8/h4-7H,3H2,1-2H3/b12-10+. The van der Waals surface area contributed by atoms with Crippen molar-refractivity contribution in [3.8, 4) is 0 Å². The Morgan fingerprint density at radius 3 is 2.93 bits per heavy atom. The molecule has 0 atom stereocenters. The van der Waals surface area contributed by atoms with Gasteiger partial charge in [-0.1, -0.05) is 13.0 Å². The molecule has 2 aromatic heterocycles. The fourth-order valence-corrected chi connectivity index (χ4v) is 2.04. The van der Waals surface area contributed by atoms with E-state index in [0.717, 1.165) is 22.9 Å². The lowest BCUT2D eigenvalue weighted by Crippen LogP contribution is -2.12. The second-order valence-corrected chi connectivity index (χ2v) is 3.82. The van der Waals surface area contributed by atoms with Gasteiger partial charge in [0.05, 0.1) is 0 Å². The van der Waals surface area contributed by atoms with Gasteiger partial charge in [-0.15, -0.1) is 0 Å². The van der Waals surface area contributed by atoms with Crippen LogP contribution in [-0.4, -0.2) is 13.9 Å². The molecule has 78 valence electrons. The minimum absolute atomic E-state index is 0.722. The summed E-state index contributed by atoms with van der Waals surface area (Å²) in [5, 5.41) is 0. The first-order chi connectivity index (χ1) is 7.31. The van der Waals surface area contributed by atoms with Gasteiger partial charge in [-0.25, -0.2) is 4.98 Å². The lowest BCUT2D eigenvalue weighted by Gasteiger charge is -1.94. The van der Waals surface area contributed by atoms with Crippen molar-refractivity contribution >= 4 is 17.4 Å². The molecule has 0 aliphatic rings. The van der Waals surface area contributed by atoms with Crippen molar-refractivity contribution in [1.82, 2.24) is 13.9 Å². The van der Waals surface area contributed by atoms with Crippen LogP contribution in [0.15, 0.2) is 29.4 Å². The highest BCUT2D eigenvalue weighted by Gasteiger charge is 2.00. The SMILES string of the molecule is CCc1ns/c(=N/c2ccccn2)n1C. The zero-order valence-corrected chi connectivity index (χ0v) is 9.53.